The van der Waals surface area contributed by atoms with Gasteiger partial charge in [0.15, 0.2) is 0 Å². The average molecular weight is 478 g/mol. The molecule has 0 radical (unpaired) electrons. The standard InChI is InChI=1S/C26H28ClN5O2/c27-19-5-4-6-20(16-19)30-10-2-1-3-13-34-14-12-31-26-22-9-11-29-17-23(22)21-8-7-18(25(28)33)15-24(21)32-26/h4-9,11,15-17,30H,1-3,10,12-14H2,(H2,28,33)(H,31,32). The summed E-state index contributed by atoms with van der Waals surface area (Å²) in [5.41, 5.74) is 7.61. The SMILES string of the molecule is NC(=O)c1ccc2c(c1)nc(NCCOCCCCCNc1cccc(Cl)c1)c1ccncc12. The number of pyridine rings is 2. The monoisotopic (exact) mass is 477 g/mol. The maximum atomic E-state index is 11.6. The van der Waals surface area contributed by atoms with Crippen LogP contribution in [0.3, 0.4) is 0 Å². The molecule has 2 heterocycles. The average Bonchev–Trinajstić information content (AvgIpc) is 2.84. The maximum absolute atomic E-state index is 11.6. The molecular weight excluding hydrogens is 450 g/mol. The van der Waals surface area contributed by atoms with E-state index >= 15 is 0 Å². The number of carbonyl (C=O) groups is 1. The van der Waals surface area contributed by atoms with Gasteiger partial charge in [-0.1, -0.05) is 23.7 Å². The largest absolute Gasteiger partial charge is 0.385 e. The molecule has 0 bridgehead atoms. The van der Waals surface area contributed by atoms with E-state index in [0.717, 1.165) is 65.1 Å². The predicted molar refractivity (Wildman–Crippen MR) is 139 cm³/mol. The number of nitrogens with one attached hydrogen (secondary N) is 2. The second-order valence-corrected chi connectivity index (χ2v) is 8.45. The molecule has 4 rings (SSSR count). The van der Waals surface area contributed by atoms with Gasteiger partial charge in [0.2, 0.25) is 5.91 Å². The van der Waals surface area contributed by atoms with Gasteiger partial charge in [-0.2, -0.15) is 0 Å². The molecule has 1 amide bonds. The fourth-order valence-electron chi connectivity index (χ4n) is 3.82. The summed E-state index contributed by atoms with van der Waals surface area (Å²) in [4.78, 5) is 20.5. The lowest BCUT2D eigenvalue weighted by Gasteiger charge is -2.12. The Kier molecular flexibility index (Phi) is 8.12. The minimum atomic E-state index is -0.474. The molecule has 0 spiro atoms. The van der Waals surface area contributed by atoms with Gasteiger partial charge in [-0.15, -0.1) is 0 Å². The van der Waals surface area contributed by atoms with Crippen molar-refractivity contribution in [1.29, 1.82) is 0 Å². The lowest BCUT2D eigenvalue weighted by atomic mass is 10.1. The van der Waals surface area contributed by atoms with Gasteiger partial charge in [0.05, 0.1) is 12.1 Å². The molecule has 0 aliphatic carbocycles. The minimum Gasteiger partial charge on any atom is -0.385 e. The zero-order valence-electron chi connectivity index (χ0n) is 18.9. The Balaban J connectivity index is 1.22. The molecule has 0 aliphatic heterocycles. The van der Waals surface area contributed by atoms with E-state index in [1.807, 2.05) is 42.6 Å². The number of nitrogens with two attached hydrogens (primary N) is 1. The molecule has 0 atom stereocenters. The van der Waals surface area contributed by atoms with Crippen LogP contribution in [0.25, 0.3) is 21.7 Å². The van der Waals surface area contributed by atoms with E-state index in [-0.39, 0.29) is 0 Å². The molecule has 0 saturated heterocycles. The van der Waals surface area contributed by atoms with Crippen molar-refractivity contribution in [2.75, 3.05) is 36.9 Å². The number of primary amides is 1. The van der Waals surface area contributed by atoms with Gasteiger partial charge in [0, 0.05) is 64.5 Å². The van der Waals surface area contributed by atoms with Crippen LogP contribution in [0, 0.1) is 0 Å². The summed E-state index contributed by atoms with van der Waals surface area (Å²) >= 11 is 5.99. The number of hydrogen-bond donors (Lipinski definition) is 3. The maximum Gasteiger partial charge on any atom is 0.248 e. The second kappa shape index (κ2) is 11.6. The normalized spacial score (nSPS) is 11.1. The first-order valence-corrected chi connectivity index (χ1v) is 11.8. The van der Waals surface area contributed by atoms with Crippen molar-refractivity contribution in [3.63, 3.8) is 0 Å². The number of unbranched alkanes of at least 4 members (excludes halogenated alkanes) is 2. The number of amides is 1. The third-order valence-electron chi connectivity index (χ3n) is 5.54. The Morgan fingerprint density at radius 2 is 1.85 bits per heavy atom. The Morgan fingerprint density at radius 1 is 0.941 bits per heavy atom. The second-order valence-electron chi connectivity index (χ2n) is 8.01. The zero-order chi connectivity index (χ0) is 23.8. The van der Waals surface area contributed by atoms with Crippen molar-refractivity contribution < 1.29 is 9.53 Å². The Bertz CT molecular complexity index is 1280. The smallest absolute Gasteiger partial charge is 0.248 e. The van der Waals surface area contributed by atoms with E-state index in [1.165, 1.54) is 0 Å². The lowest BCUT2D eigenvalue weighted by Crippen LogP contribution is -2.12. The third kappa shape index (κ3) is 6.12. The molecule has 176 valence electrons. The zero-order valence-corrected chi connectivity index (χ0v) is 19.6. The Morgan fingerprint density at radius 3 is 2.71 bits per heavy atom. The number of benzene rings is 2. The van der Waals surface area contributed by atoms with Gasteiger partial charge in [0.1, 0.15) is 5.82 Å². The molecule has 0 unspecified atom stereocenters. The Hall–Kier alpha value is -3.42. The van der Waals surface area contributed by atoms with E-state index in [9.17, 15) is 4.79 Å². The molecular formula is C26H28ClN5O2. The lowest BCUT2D eigenvalue weighted by molar-refractivity contribution is 0.100. The summed E-state index contributed by atoms with van der Waals surface area (Å²) in [6, 6.07) is 15.0. The van der Waals surface area contributed by atoms with Crippen LogP contribution in [0.15, 0.2) is 60.9 Å². The quantitative estimate of drug-likeness (QED) is 0.190. The van der Waals surface area contributed by atoms with E-state index < -0.39 is 5.91 Å². The third-order valence-corrected chi connectivity index (χ3v) is 5.77. The van der Waals surface area contributed by atoms with E-state index in [4.69, 9.17) is 27.1 Å². The van der Waals surface area contributed by atoms with Gasteiger partial charge in [-0.25, -0.2) is 4.98 Å². The number of anilines is 2. The number of fused-ring (bicyclic) bond motifs is 3. The Labute approximate surface area is 203 Å². The van der Waals surface area contributed by atoms with Crippen molar-refractivity contribution in [2.24, 2.45) is 5.73 Å². The molecule has 0 fully saturated rings. The summed E-state index contributed by atoms with van der Waals surface area (Å²) in [6.07, 6.45) is 6.73. The number of halogens is 1. The van der Waals surface area contributed by atoms with Crippen LogP contribution in [0.4, 0.5) is 11.5 Å². The summed E-state index contributed by atoms with van der Waals surface area (Å²) in [6.45, 7) is 2.84. The molecule has 0 saturated carbocycles. The van der Waals surface area contributed by atoms with Gasteiger partial charge < -0.3 is 21.1 Å². The molecule has 34 heavy (non-hydrogen) atoms. The molecule has 8 heteroatoms. The molecule has 4 aromatic rings. The number of ether oxygens (including phenoxy) is 1. The first kappa shape index (κ1) is 23.7. The highest BCUT2D eigenvalue weighted by Crippen LogP contribution is 2.29. The van der Waals surface area contributed by atoms with Crippen LogP contribution in [0.5, 0.6) is 0 Å². The van der Waals surface area contributed by atoms with Crippen molar-refractivity contribution >= 4 is 50.7 Å². The molecule has 2 aromatic heterocycles. The summed E-state index contributed by atoms with van der Waals surface area (Å²) < 4.78 is 5.78. The number of nitrogens with zero attached hydrogens (tertiary/aromatic N) is 2. The van der Waals surface area contributed by atoms with Crippen LogP contribution >= 0.6 is 11.6 Å². The molecule has 2 aromatic carbocycles. The number of hydrogen-bond acceptors (Lipinski definition) is 6. The van der Waals surface area contributed by atoms with E-state index in [2.05, 4.69) is 15.6 Å². The summed E-state index contributed by atoms with van der Waals surface area (Å²) in [5, 5.41) is 10.4. The topological polar surface area (TPSA) is 102 Å². The van der Waals surface area contributed by atoms with Crippen LogP contribution < -0.4 is 16.4 Å². The molecule has 7 nitrogen and oxygen atoms in total. The highest BCUT2D eigenvalue weighted by Gasteiger charge is 2.10. The summed E-state index contributed by atoms with van der Waals surface area (Å²) in [5.74, 6) is 0.264. The first-order valence-electron chi connectivity index (χ1n) is 11.4. The predicted octanol–water partition coefficient (Wildman–Crippen LogP) is 5.25. The van der Waals surface area contributed by atoms with Crippen molar-refractivity contribution in [3.8, 4) is 0 Å². The highest BCUT2D eigenvalue weighted by atomic mass is 35.5. The van der Waals surface area contributed by atoms with Gasteiger partial charge >= 0.3 is 0 Å². The van der Waals surface area contributed by atoms with Gasteiger partial charge in [0.25, 0.3) is 0 Å². The van der Waals surface area contributed by atoms with E-state index in [0.29, 0.717) is 24.2 Å². The van der Waals surface area contributed by atoms with Crippen molar-refractivity contribution in [3.05, 3.63) is 71.5 Å². The number of carbonyl (C=O) groups excluding carboxylic acids is 1. The minimum absolute atomic E-state index is 0.431. The van der Waals surface area contributed by atoms with E-state index in [1.54, 1.807) is 18.3 Å². The molecule has 4 N–H and O–H groups in total. The number of rotatable bonds is 12. The van der Waals surface area contributed by atoms with Crippen LogP contribution in [-0.2, 0) is 4.74 Å². The fourth-order valence-corrected chi connectivity index (χ4v) is 4.01. The van der Waals surface area contributed by atoms with Gasteiger partial charge in [-0.05, 0) is 55.7 Å². The van der Waals surface area contributed by atoms with Crippen molar-refractivity contribution in [1.82, 2.24) is 9.97 Å². The van der Waals surface area contributed by atoms with Crippen LogP contribution in [-0.4, -0.2) is 42.2 Å². The fraction of sp³-hybridized carbons (Fsp3) is 0.269. The van der Waals surface area contributed by atoms with Crippen LogP contribution in [0.1, 0.15) is 29.6 Å². The highest BCUT2D eigenvalue weighted by molar-refractivity contribution is 6.30. The molecule has 0 aliphatic rings. The summed E-state index contributed by atoms with van der Waals surface area (Å²) in [7, 11) is 0. The van der Waals surface area contributed by atoms with Crippen molar-refractivity contribution in [2.45, 2.75) is 19.3 Å². The van der Waals surface area contributed by atoms with Gasteiger partial charge in [-0.3, -0.25) is 9.78 Å². The number of aromatic nitrogens is 2. The first-order chi connectivity index (χ1) is 16.6. The van der Waals surface area contributed by atoms with Crippen LogP contribution in [0.2, 0.25) is 5.02 Å².